The number of H-pyrrole nitrogens is 1. The van der Waals surface area contributed by atoms with Crippen LogP contribution < -0.4 is 5.32 Å². The number of aromatic hydroxyl groups is 1. The molecule has 2 heterocycles. The van der Waals surface area contributed by atoms with Gasteiger partial charge in [0.05, 0.1) is 12.3 Å². The minimum absolute atomic E-state index is 0.0232. The van der Waals surface area contributed by atoms with E-state index in [1.54, 1.807) is 30.3 Å². The van der Waals surface area contributed by atoms with Crippen molar-refractivity contribution >= 4 is 22.9 Å². The van der Waals surface area contributed by atoms with Gasteiger partial charge in [0, 0.05) is 22.9 Å². The number of hydrogen-bond donors (Lipinski definition) is 3. The summed E-state index contributed by atoms with van der Waals surface area (Å²) in [4.78, 5) is 21.3. The number of amides is 1. The highest BCUT2D eigenvalue weighted by molar-refractivity contribution is 6.05. The van der Waals surface area contributed by atoms with Gasteiger partial charge in [0.25, 0.3) is 5.91 Å². The molecule has 0 saturated heterocycles. The maximum atomic E-state index is 12.6. The highest BCUT2D eigenvalue weighted by atomic mass is 16.3. The Morgan fingerprint density at radius 2 is 1.83 bits per heavy atom. The Morgan fingerprint density at radius 3 is 2.50 bits per heavy atom. The second-order valence-electron chi connectivity index (χ2n) is 10.3. The smallest absolute Gasteiger partial charge is 0.255 e. The molecule has 1 aliphatic carbocycles. The predicted molar refractivity (Wildman–Crippen MR) is 141 cm³/mol. The fraction of sp³-hybridized carbons (Fsp3) is 0.345. The molecule has 1 aliphatic rings. The number of rotatable bonds is 5. The zero-order valence-electron chi connectivity index (χ0n) is 20.8. The molecule has 0 aliphatic heterocycles. The summed E-state index contributed by atoms with van der Waals surface area (Å²) in [6, 6.07) is 13.8. The number of nitrogens with one attached hydrogen (secondary N) is 2. The van der Waals surface area contributed by atoms with Crippen LogP contribution in [0.2, 0.25) is 0 Å². The third-order valence-corrected chi connectivity index (χ3v) is 7.65. The van der Waals surface area contributed by atoms with Crippen LogP contribution in [0.5, 0.6) is 5.75 Å². The van der Waals surface area contributed by atoms with Gasteiger partial charge in [-0.3, -0.25) is 14.4 Å². The van der Waals surface area contributed by atoms with Crippen molar-refractivity contribution in [3.63, 3.8) is 0 Å². The van der Waals surface area contributed by atoms with Gasteiger partial charge in [-0.1, -0.05) is 45.0 Å². The Morgan fingerprint density at radius 1 is 1.14 bits per heavy atom. The van der Waals surface area contributed by atoms with E-state index in [2.05, 4.69) is 36.0 Å². The summed E-state index contributed by atoms with van der Waals surface area (Å²) >= 11 is 0. The molecular formula is C29H31N5O2. The fourth-order valence-electron chi connectivity index (χ4n) is 5.86. The first-order chi connectivity index (χ1) is 17.3. The lowest BCUT2D eigenvalue weighted by Gasteiger charge is -2.38. The van der Waals surface area contributed by atoms with Gasteiger partial charge in [0.1, 0.15) is 11.4 Å². The van der Waals surface area contributed by atoms with E-state index in [0.717, 1.165) is 29.1 Å². The molecule has 184 valence electrons. The summed E-state index contributed by atoms with van der Waals surface area (Å²) in [6.07, 6.45) is 5.16. The van der Waals surface area contributed by atoms with Gasteiger partial charge in [-0.05, 0) is 67.2 Å². The predicted octanol–water partition coefficient (Wildman–Crippen LogP) is 6.70. The Kier molecular flexibility index (Phi) is 6.27. The van der Waals surface area contributed by atoms with Crippen LogP contribution in [0, 0.1) is 30.2 Å². The molecule has 2 aromatic carbocycles. The lowest BCUT2D eigenvalue weighted by Crippen LogP contribution is -2.30. The number of para-hydroxylation sites is 2. The van der Waals surface area contributed by atoms with Crippen molar-refractivity contribution in [3.05, 3.63) is 77.3 Å². The molecule has 1 fully saturated rings. The van der Waals surface area contributed by atoms with E-state index in [1.165, 1.54) is 18.9 Å². The Bertz CT molecular complexity index is 1430. The Labute approximate surface area is 211 Å². The number of hydrogen-bond acceptors (Lipinski definition) is 3. The molecule has 4 aromatic rings. The lowest BCUT2D eigenvalue weighted by molar-refractivity contribution is 0.102. The SMILES string of the molecule is [C-]#[N+]c1cn2[nH]c(-c3ccc(C(=O)Nc4ccccc4O)cc3)nc2c1CC1C(C)CC(C)CC1C. The van der Waals surface area contributed by atoms with E-state index < -0.39 is 0 Å². The van der Waals surface area contributed by atoms with E-state index in [-0.39, 0.29) is 11.7 Å². The number of carbonyl (C=O) groups is 1. The van der Waals surface area contributed by atoms with Crippen molar-refractivity contribution in [1.29, 1.82) is 0 Å². The number of fused-ring (bicyclic) bond motifs is 1. The molecule has 0 spiro atoms. The van der Waals surface area contributed by atoms with Crippen LogP contribution in [0.15, 0.2) is 54.7 Å². The molecule has 1 amide bonds. The summed E-state index contributed by atoms with van der Waals surface area (Å²) < 4.78 is 1.84. The first kappa shape index (κ1) is 23.7. The average molecular weight is 482 g/mol. The van der Waals surface area contributed by atoms with Crippen LogP contribution in [-0.2, 0) is 6.42 Å². The van der Waals surface area contributed by atoms with Crippen LogP contribution >= 0.6 is 0 Å². The second kappa shape index (κ2) is 9.54. The van der Waals surface area contributed by atoms with Gasteiger partial charge in [0.15, 0.2) is 5.82 Å². The molecule has 3 N–H and O–H groups in total. The maximum absolute atomic E-state index is 12.6. The van der Waals surface area contributed by atoms with Crippen LogP contribution in [0.4, 0.5) is 11.4 Å². The summed E-state index contributed by atoms with van der Waals surface area (Å²) in [7, 11) is 0. The van der Waals surface area contributed by atoms with Gasteiger partial charge in [0.2, 0.25) is 5.69 Å². The minimum Gasteiger partial charge on any atom is -0.506 e. The molecule has 7 heteroatoms. The van der Waals surface area contributed by atoms with E-state index in [0.29, 0.717) is 40.5 Å². The van der Waals surface area contributed by atoms with E-state index in [4.69, 9.17) is 11.6 Å². The summed E-state index contributed by atoms with van der Waals surface area (Å²) in [6.45, 7) is 14.7. The third kappa shape index (κ3) is 4.47. The summed E-state index contributed by atoms with van der Waals surface area (Å²) in [5.74, 6) is 2.93. The number of benzene rings is 2. The molecule has 0 radical (unpaired) electrons. The first-order valence-electron chi connectivity index (χ1n) is 12.5. The normalized spacial score (nSPS) is 21.8. The number of phenols is 1. The maximum Gasteiger partial charge on any atom is 0.255 e. The van der Waals surface area contributed by atoms with Crippen LogP contribution in [0.25, 0.3) is 21.9 Å². The lowest BCUT2D eigenvalue weighted by atomic mass is 9.67. The number of carbonyl (C=O) groups excluding carboxylic acids is 1. The monoisotopic (exact) mass is 481 g/mol. The number of anilines is 1. The summed E-state index contributed by atoms with van der Waals surface area (Å²) in [5, 5.41) is 15.9. The van der Waals surface area contributed by atoms with Crippen molar-refractivity contribution in [2.45, 2.75) is 40.0 Å². The topological polar surface area (TPSA) is 86.8 Å². The molecule has 1 saturated carbocycles. The molecule has 0 bridgehead atoms. The van der Waals surface area contributed by atoms with Crippen LogP contribution in [0.3, 0.4) is 0 Å². The van der Waals surface area contributed by atoms with Crippen molar-refractivity contribution < 1.29 is 9.90 Å². The Hall–Kier alpha value is -4.05. The van der Waals surface area contributed by atoms with Crippen LogP contribution in [-0.4, -0.2) is 25.6 Å². The van der Waals surface area contributed by atoms with Gasteiger partial charge in [-0.15, -0.1) is 0 Å². The second-order valence-corrected chi connectivity index (χ2v) is 10.3. The van der Waals surface area contributed by atoms with Crippen molar-refractivity contribution in [2.75, 3.05) is 5.32 Å². The zero-order chi connectivity index (χ0) is 25.4. The van der Waals surface area contributed by atoms with Crippen molar-refractivity contribution in [2.24, 2.45) is 23.7 Å². The molecule has 36 heavy (non-hydrogen) atoms. The van der Waals surface area contributed by atoms with Gasteiger partial charge >= 0.3 is 0 Å². The third-order valence-electron chi connectivity index (χ3n) is 7.65. The highest BCUT2D eigenvalue weighted by Crippen LogP contribution is 2.41. The highest BCUT2D eigenvalue weighted by Gasteiger charge is 2.33. The van der Waals surface area contributed by atoms with Crippen molar-refractivity contribution in [3.8, 4) is 17.1 Å². The van der Waals surface area contributed by atoms with Crippen LogP contribution in [0.1, 0.15) is 49.5 Å². The number of phenolic OH excluding ortho intramolecular Hbond substituents is 1. The Balaban J connectivity index is 1.38. The van der Waals surface area contributed by atoms with E-state index in [1.807, 2.05) is 22.8 Å². The minimum atomic E-state index is -0.301. The first-order valence-corrected chi connectivity index (χ1v) is 12.5. The number of nitrogens with zero attached hydrogens (tertiary/aromatic N) is 3. The van der Waals surface area contributed by atoms with E-state index >= 15 is 0 Å². The number of aromatic nitrogens is 3. The number of aromatic amines is 1. The standard InChI is InChI=1S/C29H31N5O2/c1-17-13-18(2)22(19(3)14-17)15-23-25(30-4)16-34-28(23)32-27(33-34)20-9-11-21(12-10-20)29(36)31-24-7-5-6-8-26(24)35/h5-12,16-19,22,35H,13-15H2,1-3H3,(H,31,36)(H,32,33). The van der Waals surface area contributed by atoms with Gasteiger partial charge in [-0.25, -0.2) is 9.83 Å². The van der Waals surface area contributed by atoms with Crippen molar-refractivity contribution in [1.82, 2.24) is 14.6 Å². The summed E-state index contributed by atoms with van der Waals surface area (Å²) in [5.41, 5.74) is 4.17. The van der Waals surface area contributed by atoms with Gasteiger partial charge in [-0.2, -0.15) is 0 Å². The molecular weight excluding hydrogens is 450 g/mol. The molecule has 2 atom stereocenters. The molecule has 5 rings (SSSR count). The molecule has 7 nitrogen and oxygen atoms in total. The van der Waals surface area contributed by atoms with E-state index in [9.17, 15) is 9.90 Å². The fourth-order valence-corrected chi connectivity index (χ4v) is 5.86. The van der Waals surface area contributed by atoms with Gasteiger partial charge < -0.3 is 10.4 Å². The molecule has 2 unspecified atom stereocenters. The zero-order valence-corrected chi connectivity index (χ0v) is 20.8. The molecule has 2 aromatic heterocycles. The quantitative estimate of drug-likeness (QED) is 0.219. The largest absolute Gasteiger partial charge is 0.506 e. The average Bonchev–Trinajstić information content (AvgIpc) is 3.41.